The minimum atomic E-state index is -0.780. The van der Waals surface area contributed by atoms with Crippen LogP contribution < -0.4 is 5.32 Å². The summed E-state index contributed by atoms with van der Waals surface area (Å²) in [5, 5.41) is 13.6. The van der Waals surface area contributed by atoms with E-state index in [4.69, 9.17) is 0 Å². The molecule has 1 aliphatic heterocycles. The minimum absolute atomic E-state index is 0.698. The van der Waals surface area contributed by atoms with E-state index in [1.807, 2.05) is 0 Å². The lowest BCUT2D eigenvalue weighted by molar-refractivity contribution is 0.0193. The third kappa shape index (κ3) is 1.91. The maximum absolute atomic E-state index is 10.4. The molecule has 2 rings (SSSR count). The molecule has 76 valence electrons. The van der Waals surface area contributed by atoms with E-state index in [2.05, 4.69) is 15.3 Å². The van der Waals surface area contributed by atoms with Crippen LogP contribution in [0.15, 0.2) is 18.6 Å². The first-order valence-corrected chi connectivity index (χ1v) is 5.01. The number of hydrogen-bond acceptors (Lipinski definition) is 4. The zero-order valence-corrected chi connectivity index (χ0v) is 8.11. The predicted molar refractivity (Wildman–Crippen MR) is 52.6 cm³/mol. The summed E-state index contributed by atoms with van der Waals surface area (Å²) in [5.74, 6) is 0. The molecule has 0 bridgehead atoms. The lowest BCUT2D eigenvalue weighted by Crippen LogP contribution is -2.28. The van der Waals surface area contributed by atoms with Crippen LogP contribution >= 0.6 is 0 Å². The highest BCUT2D eigenvalue weighted by Gasteiger charge is 2.31. The Kier molecular flexibility index (Phi) is 2.74. The average molecular weight is 193 g/mol. The van der Waals surface area contributed by atoms with E-state index in [-0.39, 0.29) is 0 Å². The van der Waals surface area contributed by atoms with Crippen LogP contribution in [0.1, 0.15) is 25.0 Å². The van der Waals surface area contributed by atoms with Gasteiger partial charge in [0.1, 0.15) is 5.60 Å². The smallest absolute Gasteiger partial charge is 0.109 e. The molecule has 2 heterocycles. The summed E-state index contributed by atoms with van der Waals surface area (Å²) < 4.78 is 0. The predicted octanol–water partition coefficient (Wildman–Crippen LogP) is 0.438. The molecule has 1 aliphatic rings. The van der Waals surface area contributed by atoms with Crippen LogP contribution in [0.5, 0.6) is 0 Å². The number of aromatic nitrogens is 2. The molecule has 1 fully saturated rings. The van der Waals surface area contributed by atoms with E-state index >= 15 is 0 Å². The fraction of sp³-hybridized carbons (Fsp3) is 0.600. The Morgan fingerprint density at radius 1 is 1.29 bits per heavy atom. The molecule has 0 radical (unpaired) electrons. The fourth-order valence-corrected chi connectivity index (χ4v) is 1.85. The van der Waals surface area contributed by atoms with E-state index < -0.39 is 5.60 Å². The van der Waals surface area contributed by atoms with Gasteiger partial charge in [0.2, 0.25) is 0 Å². The van der Waals surface area contributed by atoms with E-state index in [1.165, 1.54) is 0 Å². The lowest BCUT2D eigenvalue weighted by atomic mass is 9.91. The third-order valence-electron chi connectivity index (χ3n) is 2.70. The molecule has 1 aromatic rings. The molecule has 0 saturated carbocycles. The Morgan fingerprint density at radius 3 is 3.00 bits per heavy atom. The van der Waals surface area contributed by atoms with Gasteiger partial charge in [0.15, 0.2) is 0 Å². The molecule has 1 unspecified atom stereocenters. The maximum Gasteiger partial charge on any atom is 0.109 e. The molecule has 0 aromatic carbocycles. The quantitative estimate of drug-likeness (QED) is 0.679. The van der Waals surface area contributed by atoms with Gasteiger partial charge in [0.05, 0.1) is 11.9 Å². The monoisotopic (exact) mass is 193 g/mol. The van der Waals surface area contributed by atoms with E-state index in [9.17, 15) is 5.11 Å². The highest BCUT2D eigenvalue weighted by molar-refractivity contribution is 5.08. The number of nitrogens with zero attached hydrogens (tertiary/aromatic N) is 2. The third-order valence-corrected chi connectivity index (χ3v) is 2.70. The summed E-state index contributed by atoms with van der Waals surface area (Å²) in [5.41, 5.74) is -0.0821. The molecule has 1 atom stereocenters. The number of aliphatic hydroxyl groups is 1. The molecule has 0 aliphatic carbocycles. The Labute approximate surface area is 83.4 Å². The van der Waals surface area contributed by atoms with E-state index in [0.29, 0.717) is 12.1 Å². The summed E-state index contributed by atoms with van der Waals surface area (Å²) in [6.45, 7) is 1.82. The molecule has 14 heavy (non-hydrogen) atoms. The van der Waals surface area contributed by atoms with Gasteiger partial charge in [-0.05, 0) is 32.4 Å². The van der Waals surface area contributed by atoms with E-state index in [0.717, 1.165) is 25.9 Å². The van der Waals surface area contributed by atoms with Gasteiger partial charge in [-0.15, -0.1) is 0 Å². The summed E-state index contributed by atoms with van der Waals surface area (Å²) in [7, 11) is 0. The van der Waals surface area contributed by atoms with Crippen molar-refractivity contribution in [2.75, 3.05) is 13.1 Å². The first kappa shape index (κ1) is 9.55. The molecule has 0 amide bonds. The number of rotatable bonds is 1. The summed E-state index contributed by atoms with van der Waals surface area (Å²) in [4.78, 5) is 8.17. The Bertz CT molecular complexity index is 281. The highest BCUT2D eigenvalue weighted by Crippen LogP contribution is 2.28. The Balaban J connectivity index is 2.21. The first-order chi connectivity index (χ1) is 6.81. The van der Waals surface area contributed by atoms with Gasteiger partial charge in [-0.1, -0.05) is 0 Å². The van der Waals surface area contributed by atoms with Crippen molar-refractivity contribution in [3.63, 3.8) is 0 Å². The second kappa shape index (κ2) is 4.02. The molecular weight excluding hydrogens is 178 g/mol. The van der Waals surface area contributed by atoms with Crippen LogP contribution in [-0.4, -0.2) is 28.2 Å². The van der Waals surface area contributed by atoms with Crippen molar-refractivity contribution in [3.05, 3.63) is 24.3 Å². The second-order valence-electron chi connectivity index (χ2n) is 3.73. The van der Waals surface area contributed by atoms with Crippen molar-refractivity contribution in [1.29, 1.82) is 0 Å². The van der Waals surface area contributed by atoms with Gasteiger partial charge in [0, 0.05) is 12.4 Å². The molecule has 1 aromatic heterocycles. The van der Waals surface area contributed by atoms with Crippen LogP contribution in [0.2, 0.25) is 0 Å². The Morgan fingerprint density at radius 2 is 2.21 bits per heavy atom. The van der Waals surface area contributed by atoms with Gasteiger partial charge < -0.3 is 10.4 Å². The average Bonchev–Trinajstić information content (AvgIpc) is 2.46. The van der Waals surface area contributed by atoms with Gasteiger partial charge in [-0.2, -0.15) is 0 Å². The maximum atomic E-state index is 10.4. The zero-order chi connectivity index (χ0) is 9.86. The zero-order valence-electron chi connectivity index (χ0n) is 8.11. The van der Waals surface area contributed by atoms with E-state index in [1.54, 1.807) is 18.6 Å². The lowest BCUT2D eigenvalue weighted by Gasteiger charge is -2.24. The SMILES string of the molecule is OC1(c2cnccn2)CCCNCC1. The number of nitrogens with one attached hydrogen (secondary N) is 1. The van der Waals surface area contributed by atoms with Gasteiger partial charge >= 0.3 is 0 Å². The van der Waals surface area contributed by atoms with Crippen molar-refractivity contribution in [2.45, 2.75) is 24.9 Å². The second-order valence-corrected chi connectivity index (χ2v) is 3.73. The topological polar surface area (TPSA) is 58.0 Å². The van der Waals surface area contributed by atoms with Crippen LogP contribution in [0.4, 0.5) is 0 Å². The molecular formula is C10H15N3O. The van der Waals surface area contributed by atoms with Gasteiger partial charge in [0.25, 0.3) is 0 Å². The Hall–Kier alpha value is -1.00. The fourth-order valence-electron chi connectivity index (χ4n) is 1.85. The molecule has 4 heteroatoms. The van der Waals surface area contributed by atoms with Crippen molar-refractivity contribution in [2.24, 2.45) is 0 Å². The normalized spacial score (nSPS) is 28.4. The van der Waals surface area contributed by atoms with Crippen LogP contribution in [0.3, 0.4) is 0 Å². The summed E-state index contributed by atoms with van der Waals surface area (Å²) >= 11 is 0. The van der Waals surface area contributed by atoms with Gasteiger partial charge in [-0.25, -0.2) is 0 Å². The standard InChI is InChI=1S/C10H15N3O/c14-10(2-1-4-11-5-3-10)9-8-12-6-7-13-9/h6-8,11,14H,1-5H2. The first-order valence-electron chi connectivity index (χ1n) is 5.01. The molecule has 4 nitrogen and oxygen atoms in total. The van der Waals surface area contributed by atoms with Crippen molar-refractivity contribution < 1.29 is 5.11 Å². The molecule has 0 spiro atoms. The molecule has 1 saturated heterocycles. The van der Waals surface area contributed by atoms with Crippen molar-refractivity contribution in [3.8, 4) is 0 Å². The summed E-state index contributed by atoms with van der Waals surface area (Å²) in [6, 6.07) is 0. The number of hydrogen-bond donors (Lipinski definition) is 2. The van der Waals surface area contributed by atoms with Crippen molar-refractivity contribution in [1.82, 2.24) is 15.3 Å². The summed E-state index contributed by atoms with van der Waals surface area (Å²) in [6.07, 6.45) is 7.37. The molecule has 2 N–H and O–H groups in total. The van der Waals surface area contributed by atoms with Crippen LogP contribution in [0.25, 0.3) is 0 Å². The minimum Gasteiger partial charge on any atom is -0.383 e. The van der Waals surface area contributed by atoms with Crippen LogP contribution in [0, 0.1) is 0 Å². The van der Waals surface area contributed by atoms with Crippen molar-refractivity contribution >= 4 is 0 Å². The van der Waals surface area contributed by atoms with Crippen LogP contribution in [-0.2, 0) is 5.60 Å². The highest BCUT2D eigenvalue weighted by atomic mass is 16.3. The van der Waals surface area contributed by atoms with Gasteiger partial charge in [-0.3, -0.25) is 9.97 Å². The largest absolute Gasteiger partial charge is 0.383 e.